The van der Waals surface area contributed by atoms with Crippen molar-refractivity contribution < 1.29 is 9.53 Å². The Kier molecular flexibility index (Phi) is 6.45. The molecule has 0 aliphatic rings. The van der Waals surface area contributed by atoms with Crippen LogP contribution < -0.4 is 16.7 Å². The number of alkyl carbamates (subject to hydrolysis) is 1. The fraction of sp³-hybridized carbons (Fsp3) is 0.533. The van der Waals surface area contributed by atoms with Crippen LogP contribution in [-0.2, 0) is 4.74 Å². The zero-order valence-corrected chi connectivity index (χ0v) is 13.3. The molecule has 1 rings (SSSR count). The number of nitrogens with zero attached hydrogens (tertiary/aromatic N) is 2. The molecular formula is C15H22N4O3. The lowest BCUT2D eigenvalue weighted by molar-refractivity contribution is 0.134. The van der Waals surface area contributed by atoms with Crippen molar-refractivity contribution in [1.29, 1.82) is 0 Å². The first kappa shape index (κ1) is 17.6. The molecular weight excluding hydrogens is 284 g/mol. The Morgan fingerprint density at radius 3 is 2.73 bits per heavy atom. The smallest absolute Gasteiger partial charge is 0.407 e. The maximum absolute atomic E-state index is 11.6. The highest BCUT2D eigenvalue weighted by Crippen LogP contribution is 2.06. The SMILES string of the molecule is CC(C)COC(=O)NCC#Cc1cn(C(C)C)c(=O)nc1N. The van der Waals surface area contributed by atoms with Crippen molar-refractivity contribution >= 4 is 11.9 Å². The van der Waals surface area contributed by atoms with Crippen LogP contribution in [0.3, 0.4) is 0 Å². The minimum absolute atomic E-state index is 0.0368. The van der Waals surface area contributed by atoms with Crippen LogP contribution in [-0.4, -0.2) is 28.8 Å². The van der Waals surface area contributed by atoms with E-state index in [1.165, 1.54) is 4.57 Å². The number of rotatable bonds is 4. The monoisotopic (exact) mass is 306 g/mol. The summed E-state index contributed by atoms with van der Waals surface area (Å²) in [6.45, 7) is 8.11. The molecule has 7 nitrogen and oxygen atoms in total. The van der Waals surface area contributed by atoms with Gasteiger partial charge in [-0.15, -0.1) is 0 Å². The van der Waals surface area contributed by atoms with E-state index in [0.717, 1.165) is 0 Å². The summed E-state index contributed by atoms with van der Waals surface area (Å²) in [6, 6.07) is -0.0368. The molecule has 1 heterocycles. The van der Waals surface area contributed by atoms with Crippen molar-refractivity contribution in [1.82, 2.24) is 14.9 Å². The predicted molar refractivity (Wildman–Crippen MR) is 84.4 cm³/mol. The van der Waals surface area contributed by atoms with Crippen molar-refractivity contribution in [2.45, 2.75) is 33.7 Å². The normalized spacial score (nSPS) is 10.3. The van der Waals surface area contributed by atoms with E-state index in [2.05, 4.69) is 22.1 Å². The van der Waals surface area contributed by atoms with Crippen molar-refractivity contribution in [2.75, 3.05) is 18.9 Å². The first-order valence-corrected chi connectivity index (χ1v) is 7.09. The lowest BCUT2D eigenvalue weighted by Gasteiger charge is -2.09. The molecule has 3 N–H and O–H groups in total. The molecule has 7 heteroatoms. The Balaban J connectivity index is 2.67. The van der Waals surface area contributed by atoms with Gasteiger partial charge in [0.2, 0.25) is 0 Å². The zero-order valence-electron chi connectivity index (χ0n) is 13.3. The van der Waals surface area contributed by atoms with Gasteiger partial charge in [-0.2, -0.15) is 4.98 Å². The Morgan fingerprint density at radius 2 is 2.14 bits per heavy atom. The van der Waals surface area contributed by atoms with Gasteiger partial charge in [-0.05, 0) is 19.8 Å². The van der Waals surface area contributed by atoms with E-state index >= 15 is 0 Å². The topological polar surface area (TPSA) is 99.2 Å². The average molecular weight is 306 g/mol. The Bertz CT molecular complexity index is 638. The fourth-order valence-corrected chi connectivity index (χ4v) is 1.50. The van der Waals surface area contributed by atoms with Crippen LogP contribution >= 0.6 is 0 Å². The molecule has 0 aliphatic heterocycles. The number of amides is 1. The van der Waals surface area contributed by atoms with Gasteiger partial charge < -0.3 is 15.8 Å². The molecule has 0 saturated heterocycles. The van der Waals surface area contributed by atoms with E-state index in [1.54, 1.807) is 6.20 Å². The number of carbonyl (C=O) groups is 1. The molecule has 0 atom stereocenters. The highest BCUT2D eigenvalue weighted by Gasteiger charge is 2.06. The lowest BCUT2D eigenvalue weighted by Crippen LogP contribution is -2.26. The molecule has 0 unspecified atom stereocenters. The molecule has 0 radical (unpaired) electrons. The van der Waals surface area contributed by atoms with Gasteiger partial charge in [0.1, 0.15) is 5.82 Å². The average Bonchev–Trinajstić information content (AvgIpc) is 2.42. The van der Waals surface area contributed by atoms with Crippen LogP contribution in [0.4, 0.5) is 10.6 Å². The van der Waals surface area contributed by atoms with Crippen LogP contribution in [0.25, 0.3) is 0 Å². The van der Waals surface area contributed by atoms with Gasteiger partial charge in [-0.25, -0.2) is 9.59 Å². The number of hydrogen-bond donors (Lipinski definition) is 2. The number of aromatic nitrogens is 2. The summed E-state index contributed by atoms with van der Waals surface area (Å²) in [5, 5.41) is 2.51. The quantitative estimate of drug-likeness (QED) is 0.813. The third-order valence-corrected chi connectivity index (χ3v) is 2.63. The van der Waals surface area contributed by atoms with Crippen molar-refractivity contribution in [3.63, 3.8) is 0 Å². The highest BCUT2D eigenvalue weighted by atomic mass is 16.5. The van der Waals surface area contributed by atoms with Gasteiger partial charge in [0.05, 0.1) is 18.7 Å². The molecule has 0 fully saturated rings. The zero-order chi connectivity index (χ0) is 16.7. The highest BCUT2D eigenvalue weighted by molar-refractivity contribution is 5.67. The third kappa shape index (κ3) is 5.48. The molecule has 1 amide bonds. The maximum Gasteiger partial charge on any atom is 0.407 e. The van der Waals surface area contributed by atoms with E-state index in [0.29, 0.717) is 12.2 Å². The molecule has 0 aromatic carbocycles. The van der Waals surface area contributed by atoms with Gasteiger partial charge in [-0.3, -0.25) is 4.57 Å². The number of nitrogens with two attached hydrogens (primary N) is 1. The largest absolute Gasteiger partial charge is 0.449 e. The molecule has 0 spiro atoms. The second-order valence-corrected chi connectivity index (χ2v) is 5.47. The number of hydrogen-bond acceptors (Lipinski definition) is 5. The minimum Gasteiger partial charge on any atom is -0.449 e. The van der Waals surface area contributed by atoms with E-state index in [-0.39, 0.29) is 24.3 Å². The van der Waals surface area contributed by atoms with Crippen LogP contribution in [0, 0.1) is 17.8 Å². The first-order valence-electron chi connectivity index (χ1n) is 7.09. The molecule has 0 bridgehead atoms. The molecule has 1 aromatic heterocycles. The molecule has 22 heavy (non-hydrogen) atoms. The number of nitrogens with one attached hydrogen (secondary N) is 1. The summed E-state index contributed by atoms with van der Waals surface area (Å²) in [5.41, 5.74) is 5.72. The van der Waals surface area contributed by atoms with Crippen LogP contribution in [0.1, 0.15) is 39.3 Å². The summed E-state index contributed by atoms with van der Waals surface area (Å²) in [7, 11) is 0. The summed E-state index contributed by atoms with van der Waals surface area (Å²) >= 11 is 0. The Morgan fingerprint density at radius 1 is 1.45 bits per heavy atom. The predicted octanol–water partition coefficient (Wildman–Crippen LogP) is 1.14. The van der Waals surface area contributed by atoms with Crippen molar-refractivity contribution in [2.24, 2.45) is 5.92 Å². The standard InChI is InChI=1S/C15H22N4O3/c1-10(2)9-22-15(21)17-7-5-6-12-8-19(11(3)4)14(20)18-13(12)16/h8,10-11H,7,9H2,1-4H3,(H,17,21)(H2,16,18,20). The van der Waals surface area contributed by atoms with E-state index in [4.69, 9.17) is 10.5 Å². The van der Waals surface area contributed by atoms with E-state index in [1.807, 2.05) is 27.7 Å². The summed E-state index contributed by atoms with van der Waals surface area (Å²) in [4.78, 5) is 26.7. The minimum atomic E-state index is -0.513. The maximum atomic E-state index is 11.6. The van der Waals surface area contributed by atoms with Gasteiger partial charge in [0.25, 0.3) is 0 Å². The van der Waals surface area contributed by atoms with Gasteiger partial charge in [0.15, 0.2) is 0 Å². The molecule has 0 aliphatic carbocycles. The van der Waals surface area contributed by atoms with Gasteiger partial charge in [-0.1, -0.05) is 25.7 Å². The summed E-state index contributed by atoms with van der Waals surface area (Å²) < 4.78 is 6.39. The lowest BCUT2D eigenvalue weighted by atomic mass is 10.2. The summed E-state index contributed by atoms with van der Waals surface area (Å²) in [6.07, 6.45) is 1.06. The van der Waals surface area contributed by atoms with E-state index in [9.17, 15) is 9.59 Å². The second-order valence-electron chi connectivity index (χ2n) is 5.47. The van der Waals surface area contributed by atoms with Crippen molar-refractivity contribution in [3.05, 3.63) is 22.2 Å². The van der Waals surface area contributed by atoms with Crippen molar-refractivity contribution in [3.8, 4) is 11.8 Å². The van der Waals surface area contributed by atoms with Gasteiger partial charge >= 0.3 is 11.8 Å². The molecule has 120 valence electrons. The second kappa shape index (κ2) is 8.08. The number of anilines is 1. The number of ether oxygens (including phenoxy) is 1. The van der Waals surface area contributed by atoms with Gasteiger partial charge in [0, 0.05) is 12.2 Å². The number of carbonyl (C=O) groups excluding carboxylic acids is 1. The van der Waals surface area contributed by atoms with Crippen LogP contribution in [0.5, 0.6) is 0 Å². The fourth-order valence-electron chi connectivity index (χ4n) is 1.50. The van der Waals surface area contributed by atoms with Crippen LogP contribution in [0.15, 0.2) is 11.0 Å². The first-order chi connectivity index (χ1) is 10.3. The molecule has 1 aromatic rings. The Labute approximate surface area is 129 Å². The third-order valence-electron chi connectivity index (χ3n) is 2.63. The number of nitrogen functional groups attached to an aromatic ring is 1. The summed E-state index contributed by atoms with van der Waals surface area (Å²) in [5.74, 6) is 5.90. The van der Waals surface area contributed by atoms with Crippen LogP contribution in [0.2, 0.25) is 0 Å². The Hall–Kier alpha value is -2.49. The van der Waals surface area contributed by atoms with E-state index < -0.39 is 11.8 Å². The molecule has 0 saturated carbocycles.